The summed E-state index contributed by atoms with van der Waals surface area (Å²) in [4.78, 5) is 0. The van der Waals surface area contributed by atoms with Gasteiger partial charge >= 0.3 is 6.18 Å². The maximum absolute atomic E-state index is 15.0. The van der Waals surface area contributed by atoms with E-state index in [2.05, 4.69) is 6.92 Å². The molecule has 0 bridgehead atoms. The molecule has 3 nitrogen and oxygen atoms in total. The van der Waals surface area contributed by atoms with Crippen LogP contribution in [-0.2, 0) is 6.18 Å². The summed E-state index contributed by atoms with van der Waals surface area (Å²) < 4.78 is 80.4. The molecule has 0 aromatic heterocycles. The minimum absolute atomic E-state index is 0.0379. The SMILES string of the molecule is CCCCCOc1ccc([C@@H]2c3ccc(O)cc3OCC2c2ccc(F)c(C(F)(F)F)c2)cc1F. The molecule has 0 radical (unpaired) electrons. The van der Waals surface area contributed by atoms with Gasteiger partial charge in [-0.3, -0.25) is 0 Å². The molecule has 0 saturated carbocycles. The van der Waals surface area contributed by atoms with Gasteiger partial charge in [0.2, 0.25) is 0 Å². The van der Waals surface area contributed by atoms with E-state index in [4.69, 9.17) is 9.47 Å². The zero-order valence-electron chi connectivity index (χ0n) is 19.0. The Morgan fingerprint density at radius 3 is 2.43 bits per heavy atom. The molecule has 4 rings (SSSR count). The van der Waals surface area contributed by atoms with E-state index in [1.54, 1.807) is 12.1 Å². The molecule has 0 spiro atoms. The first-order valence-electron chi connectivity index (χ1n) is 11.4. The average Bonchev–Trinajstić information content (AvgIpc) is 2.81. The van der Waals surface area contributed by atoms with Crippen LogP contribution in [0, 0.1) is 11.6 Å². The van der Waals surface area contributed by atoms with Crippen LogP contribution in [0.15, 0.2) is 54.6 Å². The summed E-state index contributed by atoms with van der Waals surface area (Å²) >= 11 is 0. The van der Waals surface area contributed by atoms with Crippen LogP contribution < -0.4 is 9.47 Å². The fourth-order valence-corrected chi connectivity index (χ4v) is 4.45. The highest BCUT2D eigenvalue weighted by molar-refractivity contribution is 5.51. The second-order valence-electron chi connectivity index (χ2n) is 8.60. The van der Waals surface area contributed by atoms with E-state index in [-0.39, 0.29) is 23.7 Å². The fraction of sp³-hybridized carbons (Fsp3) is 0.333. The van der Waals surface area contributed by atoms with Gasteiger partial charge in [0.1, 0.15) is 17.3 Å². The Morgan fingerprint density at radius 2 is 1.71 bits per heavy atom. The molecule has 186 valence electrons. The molecule has 1 aliphatic heterocycles. The lowest BCUT2D eigenvalue weighted by Gasteiger charge is -2.35. The van der Waals surface area contributed by atoms with E-state index in [9.17, 15) is 27.1 Å². The quantitative estimate of drug-likeness (QED) is 0.273. The fourth-order valence-electron chi connectivity index (χ4n) is 4.45. The smallest absolute Gasteiger partial charge is 0.419 e. The monoisotopic (exact) mass is 492 g/mol. The lowest BCUT2D eigenvalue weighted by atomic mass is 9.75. The van der Waals surface area contributed by atoms with Gasteiger partial charge in [-0.05, 0) is 47.9 Å². The summed E-state index contributed by atoms with van der Waals surface area (Å²) in [6.07, 6.45) is -2.10. The maximum Gasteiger partial charge on any atom is 0.419 e. The minimum Gasteiger partial charge on any atom is -0.508 e. The van der Waals surface area contributed by atoms with Gasteiger partial charge in [-0.2, -0.15) is 13.2 Å². The lowest BCUT2D eigenvalue weighted by molar-refractivity contribution is -0.140. The first-order valence-corrected chi connectivity index (χ1v) is 11.4. The third kappa shape index (κ3) is 5.36. The summed E-state index contributed by atoms with van der Waals surface area (Å²) in [7, 11) is 0. The average molecular weight is 492 g/mol. The largest absolute Gasteiger partial charge is 0.508 e. The highest BCUT2D eigenvalue weighted by atomic mass is 19.4. The maximum atomic E-state index is 15.0. The molecule has 0 amide bonds. The van der Waals surface area contributed by atoms with Crippen molar-refractivity contribution < 1.29 is 36.5 Å². The van der Waals surface area contributed by atoms with Gasteiger partial charge in [0.15, 0.2) is 11.6 Å². The number of ether oxygens (including phenoxy) is 2. The van der Waals surface area contributed by atoms with Crippen LogP contribution in [0.3, 0.4) is 0 Å². The normalized spacial score (nSPS) is 17.5. The zero-order chi connectivity index (χ0) is 25.2. The van der Waals surface area contributed by atoms with E-state index in [0.29, 0.717) is 23.5 Å². The lowest BCUT2D eigenvalue weighted by Crippen LogP contribution is -2.26. The molecule has 35 heavy (non-hydrogen) atoms. The number of fused-ring (bicyclic) bond motifs is 1. The number of alkyl halides is 3. The Morgan fingerprint density at radius 1 is 0.943 bits per heavy atom. The van der Waals surface area contributed by atoms with Gasteiger partial charge in [0, 0.05) is 23.5 Å². The molecule has 8 heteroatoms. The number of phenols is 1. The predicted octanol–water partition coefficient (Wildman–Crippen LogP) is 7.57. The van der Waals surface area contributed by atoms with Crippen LogP contribution in [0.5, 0.6) is 17.2 Å². The van der Waals surface area contributed by atoms with Crippen LogP contribution in [0.4, 0.5) is 22.0 Å². The van der Waals surface area contributed by atoms with Crippen molar-refractivity contribution in [3.63, 3.8) is 0 Å². The van der Waals surface area contributed by atoms with Crippen molar-refractivity contribution in [2.75, 3.05) is 13.2 Å². The van der Waals surface area contributed by atoms with Crippen molar-refractivity contribution in [3.8, 4) is 17.2 Å². The van der Waals surface area contributed by atoms with Crippen molar-refractivity contribution in [1.82, 2.24) is 0 Å². The predicted molar refractivity (Wildman–Crippen MR) is 121 cm³/mol. The molecule has 1 aliphatic rings. The zero-order valence-corrected chi connectivity index (χ0v) is 19.0. The molecule has 0 aliphatic carbocycles. The highest BCUT2D eigenvalue weighted by Gasteiger charge is 2.38. The standard InChI is InChI=1S/C27H25F5O3/c1-2-3-4-11-34-24-10-6-17(13-23(24)29)26-19-8-7-18(33)14-25(19)35-15-20(26)16-5-9-22(28)21(12-16)27(30,31)32/h5-10,12-14,20,26,33H,2-4,11,15H2,1H3/t20?,26-/m1/s1. The number of hydrogen-bond donors (Lipinski definition) is 1. The number of hydrogen-bond acceptors (Lipinski definition) is 3. The summed E-state index contributed by atoms with van der Waals surface area (Å²) in [5.74, 6) is -2.80. The van der Waals surface area contributed by atoms with Crippen molar-refractivity contribution >= 4 is 0 Å². The van der Waals surface area contributed by atoms with Crippen molar-refractivity contribution in [2.45, 2.75) is 44.2 Å². The number of aromatic hydroxyl groups is 1. The second kappa shape index (κ2) is 10.1. The van der Waals surface area contributed by atoms with E-state index in [1.165, 1.54) is 30.3 Å². The van der Waals surface area contributed by atoms with Crippen LogP contribution in [0.25, 0.3) is 0 Å². The van der Waals surface area contributed by atoms with Gasteiger partial charge in [0.05, 0.1) is 18.8 Å². The molecule has 3 aromatic carbocycles. The molecular formula is C27H25F5O3. The minimum atomic E-state index is -4.86. The first-order chi connectivity index (χ1) is 16.7. The van der Waals surface area contributed by atoms with Gasteiger partial charge < -0.3 is 14.6 Å². The Kier molecular flexibility index (Phi) is 7.19. The highest BCUT2D eigenvalue weighted by Crippen LogP contribution is 2.48. The van der Waals surface area contributed by atoms with Gasteiger partial charge in [-0.1, -0.05) is 38.0 Å². The van der Waals surface area contributed by atoms with Crippen LogP contribution in [0.1, 0.15) is 60.3 Å². The third-order valence-electron chi connectivity index (χ3n) is 6.20. The van der Waals surface area contributed by atoms with E-state index < -0.39 is 35.2 Å². The van der Waals surface area contributed by atoms with Crippen LogP contribution in [-0.4, -0.2) is 18.3 Å². The molecular weight excluding hydrogens is 467 g/mol. The van der Waals surface area contributed by atoms with Crippen LogP contribution in [0.2, 0.25) is 0 Å². The Labute approximate surface area is 200 Å². The number of halogens is 5. The topological polar surface area (TPSA) is 38.7 Å². The van der Waals surface area contributed by atoms with E-state index >= 15 is 0 Å². The summed E-state index contributed by atoms with van der Waals surface area (Å²) in [5.41, 5.74) is -0.0792. The number of rotatable bonds is 7. The molecule has 2 atom stereocenters. The van der Waals surface area contributed by atoms with Gasteiger partial charge in [-0.25, -0.2) is 8.78 Å². The molecule has 1 N–H and O–H groups in total. The van der Waals surface area contributed by atoms with Crippen LogP contribution >= 0.6 is 0 Å². The van der Waals surface area contributed by atoms with Gasteiger partial charge in [-0.15, -0.1) is 0 Å². The van der Waals surface area contributed by atoms with Crippen molar-refractivity contribution in [2.24, 2.45) is 0 Å². The van der Waals surface area contributed by atoms with Crippen molar-refractivity contribution in [1.29, 1.82) is 0 Å². The molecule has 3 aromatic rings. The Balaban J connectivity index is 1.75. The summed E-state index contributed by atoms with van der Waals surface area (Å²) in [6.45, 7) is 2.39. The number of unbranched alkanes of at least 4 members (excludes halogenated alkanes) is 2. The Hall–Kier alpha value is -3.29. The van der Waals surface area contributed by atoms with E-state index in [1.807, 2.05) is 0 Å². The Bertz CT molecular complexity index is 1190. The first kappa shape index (κ1) is 24.8. The number of phenolic OH excluding ortho intramolecular Hbond substituents is 1. The molecule has 1 heterocycles. The second-order valence-corrected chi connectivity index (χ2v) is 8.60. The molecule has 0 fully saturated rings. The molecule has 0 saturated heterocycles. The molecule has 1 unspecified atom stereocenters. The van der Waals surface area contributed by atoms with E-state index in [0.717, 1.165) is 31.4 Å². The summed E-state index contributed by atoms with van der Waals surface area (Å²) in [6, 6.07) is 11.8. The summed E-state index contributed by atoms with van der Waals surface area (Å²) in [5, 5.41) is 9.86. The van der Waals surface area contributed by atoms with Crippen molar-refractivity contribution in [3.05, 3.63) is 88.5 Å². The van der Waals surface area contributed by atoms with Gasteiger partial charge in [0.25, 0.3) is 0 Å². The third-order valence-corrected chi connectivity index (χ3v) is 6.20. The number of benzene rings is 3.